The van der Waals surface area contributed by atoms with Gasteiger partial charge < -0.3 is 10.1 Å². The smallest absolute Gasteiger partial charge is 0.404 e. The molecular weight excluding hydrogens is 231 g/mol. The Labute approximate surface area is 98.8 Å². The molecule has 0 aliphatic rings. The van der Waals surface area contributed by atoms with Crippen molar-refractivity contribution in [2.75, 3.05) is 11.9 Å². The Hall–Kier alpha value is -1.39. The minimum Gasteiger partial charge on any atom is -0.404 e. The molecule has 0 fully saturated rings. The Balaban J connectivity index is 2.78. The van der Waals surface area contributed by atoms with Crippen LogP contribution in [0.2, 0.25) is 0 Å². The quantitative estimate of drug-likeness (QED) is 0.870. The number of para-hydroxylation sites is 2. The van der Waals surface area contributed by atoms with Crippen LogP contribution in [0.5, 0.6) is 5.75 Å². The van der Waals surface area contributed by atoms with E-state index in [0.717, 1.165) is 0 Å². The van der Waals surface area contributed by atoms with Crippen molar-refractivity contribution in [3.63, 3.8) is 0 Å². The summed E-state index contributed by atoms with van der Waals surface area (Å²) in [6, 6.07) is 6.02. The number of hydrogen-bond acceptors (Lipinski definition) is 2. The lowest BCUT2D eigenvalue weighted by molar-refractivity contribution is -0.274. The number of nitrogens with one attached hydrogen (secondary N) is 1. The lowest BCUT2D eigenvalue weighted by atomic mass is 9.97. The maximum atomic E-state index is 12.1. The van der Waals surface area contributed by atoms with E-state index in [1.165, 1.54) is 12.1 Å². The molecule has 0 saturated heterocycles. The van der Waals surface area contributed by atoms with Crippen LogP contribution in [0.15, 0.2) is 24.3 Å². The Bertz CT molecular complexity index is 369. The maximum absolute atomic E-state index is 12.1. The Morgan fingerprint density at radius 1 is 1.12 bits per heavy atom. The second kappa shape index (κ2) is 4.85. The van der Waals surface area contributed by atoms with Crippen molar-refractivity contribution in [3.05, 3.63) is 24.3 Å². The van der Waals surface area contributed by atoms with Crippen LogP contribution in [-0.4, -0.2) is 12.9 Å². The molecule has 96 valence electrons. The van der Waals surface area contributed by atoms with Crippen LogP contribution in [0.4, 0.5) is 18.9 Å². The Kier molecular flexibility index (Phi) is 3.91. The summed E-state index contributed by atoms with van der Waals surface area (Å²) in [6.45, 7) is 6.54. The van der Waals surface area contributed by atoms with Gasteiger partial charge in [-0.1, -0.05) is 32.9 Å². The number of halogens is 3. The third-order valence-electron chi connectivity index (χ3n) is 1.92. The summed E-state index contributed by atoms with van der Waals surface area (Å²) in [6.07, 6.45) is -4.67. The molecule has 1 rings (SSSR count). The summed E-state index contributed by atoms with van der Waals surface area (Å²) in [4.78, 5) is 0. The largest absolute Gasteiger partial charge is 0.573 e. The van der Waals surface area contributed by atoms with Crippen molar-refractivity contribution < 1.29 is 17.9 Å². The zero-order valence-corrected chi connectivity index (χ0v) is 10.1. The Morgan fingerprint density at radius 3 is 2.24 bits per heavy atom. The van der Waals surface area contributed by atoms with Gasteiger partial charge in [0.05, 0.1) is 5.69 Å². The maximum Gasteiger partial charge on any atom is 0.573 e. The number of ether oxygens (including phenoxy) is 1. The van der Waals surface area contributed by atoms with Crippen molar-refractivity contribution in [3.8, 4) is 5.75 Å². The van der Waals surface area contributed by atoms with Crippen molar-refractivity contribution >= 4 is 5.69 Å². The van der Waals surface area contributed by atoms with E-state index >= 15 is 0 Å². The highest BCUT2D eigenvalue weighted by atomic mass is 19.4. The fourth-order valence-electron chi connectivity index (χ4n) is 1.19. The lowest BCUT2D eigenvalue weighted by Crippen LogP contribution is -2.21. The molecule has 0 aliphatic carbocycles. The molecule has 0 spiro atoms. The lowest BCUT2D eigenvalue weighted by Gasteiger charge is -2.21. The van der Waals surface area contributed by atoms with Crippen LogP contribution in [0.25, 0.3) is 0 Å². The van der Waals surface area contributed by atoms with Crippen molar-refractivity contribution in [1.29, 1.82) is 0 Å². The fraction of sp³-hybridized carbons (Fsp3) is 0.500. The number of anilines is 1. The highest BCUT2D eigenvalue weighted by Gasteiger charge is 2.32. The second-order valence-electron chi connectivity index (χ2n) is 4.96. The number of benzene rings is 1. The third-order valence-corrected chi connectivity index (χ3v) is 1.92. The summed E-state index contributed by atoms with van der Waals surface area (Å²) < 4.78 is 40.4. The molecule has 0 unspecified atom stereocenters. The van der Waals surface area contributed by atoms with E-state index in [1.54, 1.807) is 12.1 Å². The van der Waals surface area contributed by atoms with Gasteiger partial charge in [-0.05, 0) is 17.5 Å². The van der Waals surface area contributed by atoms with Gasteiger partial charge in [0.25, 0.3) is 0 Å². The van der Waals surface area contributed by atoms with Crippen LogP contribution >= 0.6 is 0 Å². The predicted molar refractivity (Wildman–Crippen MR) is 61.1 cm³/mol. The molecule has 5 heteroatoms. The molecule has 0 saturated carbocycles. The normalized spacial score (nSPS) is 12.4. The van der Waals surface area contributed by atoms with E-state index in [0.29, 0.717) is 12.2 Å². The van der Waals surface area contributed by atoms with E-state index in [4.69, 9.17) is 0 Å². The minimum atomic E-state index is -4.67. The highest BCUT2D eigenvalue weighted by molar-refractivity contribution is 5.56. The highest BCUT2D eigenvalue weighted by Crippen LogP contribution is 2.30. The van der Waals surface area contributed by atoms with Crippen LogP contribution in [0.1, 0.15) is 20.8 Å². The summed E-state index contributed by atoms with van der Waals surface area (Å²) in [5.41, 5.74) is 0.325. The van der Waals surface area contributed by atoms with E-state index in [2.05, 4.69) is 10.1 Å². The SMILES string of the molecule is CC(C)(C)CNc1ccccc1OC(F)(F)F. The number of rotatable bonds is 3. The summed E-state index contributed by atoms with van der Waals surface area (Å²) in [5, 5.41) is 2.95. The fourth-order valence-corrected chi connectivity index (χ4v) is 1.19. The monoisotopic (exact) mass is 247 g/mol. The molecular formula is C12H16F3NO. The molecule has 0 aliphatic heterocycles. The molecule has 1 N–H and O–H groups in total. The van der Waals surface area contributed by atoms with Gasteiger partial charge in [0, 0.05) is 6.54 Å². The summed E-state index contributed by atoms with van der Waals surface area (Å²) in [7, 11) is 0. The first kappa shape index (κ1) is 13.7. The van der Waals surface area contributed by atoms with Crippen LogP contribution in [0.3, 0.4) is 0 Å². The zero-order chi connectivity index (χ0) is 13.1. The molecule has 2 nitrogen and oxygen atoms in total. The van der Waals surface area contributed by atoms with Gasteiger partial charge in [0.2, 0.25) is 0 Å². The van der Waals surface area contributed by atoms with Gasteiger partial charge in [-0.2, -0.15) is 0 Å². The molecule has 0 radical (unpaired) electrons. The minimum absolute atomic E-state index is 0.0225. The first-order valence-corrected chi connectivity index (χ1v) is 5.26. The van der Waals surface area contributed by atoms with Crippen LogP contribution < -0.4 is 10.1 Å². The molecule has 0 atom stereocenters. The summed E-state index contributed by atoms with van der Waals surface area (Å²) in [5.74, 6) is -0.204. The molecule has 0 bridgehead atoms. The van der Waals surface area contributed by atoms with Crippen molar-refractivity contribution in [2.24, 2.45) is 5.41 Å². The van der Waals surface area contributed by atoms with Gasteiger partial charge in [0.1, 0.15) is 0 Å². The van der Waals surface area contributed by atoms with E-state index in [-0.39, 0.29) is 11.2 Å². The molecule has 1 aromatic carbocycles. The van der Waals surface area contributed by atoms with Gasteiger partial charge in [0.15, 0.2) is 5.75 Å². The average Bonchev–Trinajstić information content (AvgIpc) is 2.12. The van der Waals surface area contributed by atoms with Crippen molar-refractivity contribution in [2.45, 2.75) is 27.1 Å². The second-order valence-corrected chi connectivity index (χ2v) is 4.96. The number of hydrogen-bond donors (Lipinski definition) is 1. The summed E-state index contributed by atoms with van der Waals surface area (Å²) >= 11 is 0. The predicted octanol–water partition coefficient (Wildman–Crippen LogP) is 4.04. The van der Waals surface area contributed by atoms with Crippen LogP contribution in [0, 0.1) is 5.41 Å². The van der Waals surface area contributed by atoms with Gasteiger partial charge in [-0.15, -0.1) is 13.2 Å². The van der Waals surface area contributed by atoms with Crippen molar-refractivity contribution in [1.82, 2.24) is 0 Å². The van der Waals surface area contributed by atoms with E-state index < -0.39 is 6.36 Å². The molecule has 17 heavy (non-hydrogen) atoms. The molecule has 0 amide bonds. The van der Waals surface area contributed by atoms with E-state index in [9.17, 15) is 13.2 Å². The standard InChI is InChI=1S/C12H16F3NO/c1-11(2,3)8-16-9-6-4-5-7-10(9)17-12(13,14)15/h4-7,16H,8H2,1-3H3. The number of alkyl halides is 3. The Morgan fingerprint density at radius 2 is 1.71 bits per heavy atom. The van der Waals surface area contributed by atoms with E-state index in [1.807, 2.05) is 20.8 Å². The van der Waals surface area contributed by atoms with Gasteiger partial charge in [-0.3, -0.25) is 0 Å². The van der Waals surface area contributed by atoms with Crippen LogP contribution in [-0.2, 0) is 0 Å². The first-order valence-electron chi connectivity index (χ1n) is 5.26. The topological polar surface area (TPSA) is 21.3 Å². The molecule has 0 heterocycles. The van der Waals surface area contributed by atoms with Gasteiger partial charge in [-0.25, -0.2) is 0 Å². The zero-order valence-electron chi connectivity index (χ0n) is 10.1. The molecule has 0 aromatic heterocycles. The first-order chi connectivity index (χ1) is 7.67. The average molecular weight is 247 g/mol. The van der Waals surface area contributed by atoms with Gasteiger partial charge >= 0.3 is 6.36 Å². The third kappa shape index (κ3) is 5.47. The molecule has 1 aromatic rings.